The SMILES string of the molecule is COCOc1ccc(C(=O)Cn2cncn2)cc1. The molecule has 94 valence electrons. The van der Waals surface area contributed by atoms with Crippen LogP contribution in [0.5, 0.6) is 5.75 Å². The lowest BCUT2D eigenvalue weighted by Crippen LogP contribution is -2.10. The van der Waals surface area contributed by atoms with Crippen molar-refractivity contribution in [3.8, 4) is 5.75 Å². The second kappa shape index (κ2) is 5.92. The molecule has 1 aromatic carbocycles. The van der Waals surface area contributed by atoms with Gasteiger partial charge < -0.3 is 9.47 Å². The number of benzene rings is 1. The van der Waals surface area contributed by atoms with Gasteiger partial charge in [-0.05, 0) is 24.3 Å². The summed E-state index contributed by atoms with van der Waals surface area (Å²) in [5.74, 6) is 0.632. The molecular formula is C12H13N3O3. The van der Waals surface area contributed by atoms with E-state index in [1.165, 1.54) is 17.3 Å². The Kier molecular flexibility index (Phi) is 4.03. The highest BCUT2D eigenvalue weighted by molar-refractivity contribution is 5.95. The van der Waals surface area contributed by atoms with Crippen LogP contribution < -0.4 is 4.74 Å². The molecule has 6 nitrogen and oxygen atoms in total. The number of hydrogen-bond acceptors (Lipinski definition) is 5. The summed E-state index contributed by atoms with van der Waals surface area (Å²) in [4.78, 5) is 15.7. The molecule has 0 radical (unpaired) electrons. The Hall–Kier alpha value is -2.21. The van der Waals surface area contributed by atoms with Crippen molar-refractivity contribution in [1.82, 2.24) is 14.8 Å². The fourth-order valence-corrected chi connectivity index (χ4v) is 1.42. The van der Waals surface area contributed by atoms with Crippen LogP contribution in [0.3, 0.4) is 0 Å². The summed E-state index contributed by atoms with van der Waals surface area (Å²) >= 11 is 0. The number of ether oxygens (including phenoxy) is 2. The zero-order valence-corrected chi connectivity index (χ0v) is 9.94. The van der Waals surface area contributed by atoms with Crippen molar-refractivity contribution in [1.29, 1.82) is 0 Å². The number of nitrogens with zero attached hydrogens (tertiary/aromatic N) is 3. The van der Waals surface area contributed by atoms with E-state index in [4.69, 9.17) is 9.47 Å². The minimum absolute atomic E-state index is 0.0289. The Morgan fingerprint density at radius 2 is 2.11 bits per heavy atom. The summed E-state index contributed by atoms with van der Waals surface area (Å²) in [7, 11) is 1.55. The van der Waals surface area contributed by atoms with E-state index in [0.29, 0.717) is 11.3 Å². The van der Waals surface area contributed by atoms with Gasteiger partial charge in [0, 0.05) is 12.7 Å². The van der Waals surface area contributed by atoms with Crippen molar-refractivity contribution in [2.24, 2.45) is 0 Å². The minimum Gasteiger partial charge on any atom is -0.468 e. The summed E-state index contributed by atoms with van der Waals surface area (Å²) in [6, 6.07) is 6.88. The molecule has 0 N–H and O–H groups in total. The normalized spacial score (nSPS) is 10.3. The zero-order valence-electron chi connectivity index (χ0n) is 9.94. The standard InChI is InChI=1S/C12H13N3O3/c1-17-9-18-11-4-2-10(3-5-11)12(16)6-15-8-13-7-14-15/h2-5,7-8H,6,9H2,1H3. The van der Waals surface area contributed by atoms with Crippen molar-refractivity contribution in [2.45, 2.75) is 6.54 Å². The highest BCUT2D eigenvalue weighted by atomic mass is 16.7. The maximum absolute atomic E-state index is 11.9. The Balaban J connectivity index is 1.98. The summed E-state index contributed by atoms with van der Waals surface area (Å²) in [5, 5.41) is 3.88. The smallest absolute Gasteiger partial charge is 0.188 e. The summed E-state index contributed by atoms with van der Waals surface area (Å²) < 4.78 is 11.5. The van der Waals surface area contributed by atoms with E-state index in [9.17, 15) is 4.79 Å². The first-order chi connectivity index (χ1) is 8.79. The van der Waals surface area contributed by atoms with Crippen LogP contribution in [0.1, 0.15) is 10.4 Å². The summed E-state index contributed by atoms with van der Waals surface area (Å²) in [5.41, 5.74) is 0.607. The van der Waals surface area contributed by atoms with Gasteiger partial charge in [0.15, 0.2) is 12.6 Å². The maximum atomic E-state index is 11.9. The molecule has 0 fully saturated rings. The quantitative estimate of drug-likeness (QED) is 0.565. The molecule has 2 aromatic rings. The van der Waals surface area contributed by atoms with Gasteiger partial charge in [0.2, 0.25) is 0 Å². The molecule has 0 aliphatic rings. The van der Waals surface area contributed by atoms with Gasteiger partial charge in [-0.1, -0.05) is 0 Å². The average Bonchev–Trinajstić information content (AvgIpc) is 2.89. The molecule has 0 saturated carbocycles. The van der Waals surface area contributed by atoms with Crippen LogP contribution in [0.15, 0.2) is 36.9 Å². The first kappa shape index (κ1) is 12.3. The van der Waals surface area contributed by atoms with E-state index < -0.39 is 0 Å². The number of ketones is 1. The minimum atomic E-state index is -0.0289. The average molecular weight is 247 g/mol. The second-order valence-electron chi connectivity index (χ2n) is 3.59. The van der Waals surface area contributed by atoms with Gasteiger partial charge in [-0.15, -0.1) is 0 Å². The van der Waals surface area contributed by atoms with Crippen LogP contribution in [0.25, 0.3) is 0 Å². The molecule has 0 spiro atoms. The number of aromatic nitrogens is 3. The molecule has 0 bridgehead atoms. The fraction of sp³-hybridized carbons (Fsp3) is 0.250. The topological polar surface area (TPSA) is 66.2 Å². The molecule has 2 rings (SSSR count). The molecule has 0 unspecified atom stereocenters. The van der Waals surface area contributed by atoms with Crippen molar-refractivity contribution >= 4 is 5.78 Å². The number of Topliss-reactive ketones (excluding diaryl/α,β-unsaturated/α-hetero) is 1. The molecule has 0 aliphatic heterocycles. The lowest BCUT2D eigenvalue weighted by Gasteiger charge is -2.05. The van der Waals surface area contributed by atoms with Gasteiger partial charge in [0.05, 0.1) is 0 Å². The van der Waals surface area contributed by atoms with Crippen LogP contribution in [0.2, 0.25) is 0 Å². The second-order valence-corrected chi connectivity index (χ2v) is 3.59. The fourth-order valence-electron chi connectivity index (χ4n) is 1.42. The van der Waals surface area contributed by atoms with Gasteiger partial charge in [-0.3, -0.25) is 4.79 Å². The number of carbonyl (C=O) groups is 1. The highest BCUT2D eigenvalue weighted by Crippen LogP contribution is 2.12. The zero-order chi connectivity index (χ0) is 12.8. The third kappa shape index (κ3) is 3.14. The van der Waals surface area contributed by atoms with Crippen LogP contribution in [-0.4, -0.2) is 34.5 Å². The van der Waals surface area contributed by atoms with E-state index in [0.717, 1.165) is 0 Å². The van der Waals surface area contributed by atoms with Gasteiger partial charge in [0.25, 0.3) is 0 Å². The summed E-state index contributed by atoms with van der Waals surface area (Å²) in [6.45, 7) is 0.366. The number of hydrogen-bond donors (Lipinski definition) is 0. The number of rotatable bonds is 6. The number of methoxy groups -OCH3 is 1. The molecule has 0 saturated heterocycles. The first-order valence-corrected chi connectivity index (χ1v) is 5.37. The Morgan fingerprint density at radius 3 is 2.72 bits per heavy atom. The predicted octanol–water partition coefficient (Wildman–Crippen LogP) is 1.14. The molecule has 0 atom stereocenters. The summed E-state index contributed by atoms with van der Waals surface area (Å²) in [6.07, 6.45) is 2.91. The molecule has 6 heteroatoms. The van der Waals surface area contributed by atoms with Crippen LogP contribution >= 0.6 is 0 Å². The van der Waals surface area contributed by atoms with Crippen molar-refractivity contribution < 1.29 is 14.3 Å². The molecule has 1 heterocycles. The van der Waals surface area contributed by atoms with Gasteiger partial charge in [-0.25, -0.2) is 9.67 Å². The highest BCUT2D eigenvalue weighted by Gasteiger charge is 2.07. The lowest BCUT2D eigenvalue weighted by molar-refractivity contribution is 0.0511. The third-order valence-corrected chi connectivity index (χ3v) is 2.29. The monoisotopic (exact) mass is 247 g/mol. The Labute approximate surface area is 104 Å². The van der Waals surface area contributed by atoms with E-state index >= 15 is 0 Å². The molecule has 18 heavy (non-hydrogen) atoms. The van der Waals surface area contributed by atoms with Gasteiger partial charge in [0.1, 0.15) is 24.9 Å². The third-order valence-electron chi connectivity index (χ3n) is 2.29. The Bertz CT molecular complexity index is 494. The van der Waals surface area contributed by atoms with Crippen LogP contribution in [-0.2, 0) is 11.3 Å². The molecule has 1 aromatic heterocycles. The van der Waals surface area contributed by atoms with E-state index in [1.807, 2.05) is 0 Å². The number of carbonyl (C=O) groups excluding carboxylic acids is 1. The first-order valence-electron chi connectivity index (χ1n) is 5.37. The predicted molar refractivity (Wildman–Crippen MR) is 63.3 cm³/mol. The largest absolute Gasteiger partial charge is 0.468 e. The maximum Gasteiger partial charge on any atom is 0.188 e. The van der Waals surface area contributed by atoms with E-state index in [1.54, 1.807) is 31.4 Å². The molecule has 0 aliphatic carbocycles. The molecular weight excluding hydrogens is 234 g/mol. The van der Waals surface area contributed by atoms with Crippen molar-refractivity contribution in [3.63, 3.8) is 0 Å². The van der Waals surface area contributed by atoms with E-state index in [2.05, 4.69) is 10.1 Å². The Morgan fingerprint density at radius 1 is 1.33 bits per heavy atom. The van der Waals surface area contributed by atoms with Gasteiger partial charge >= 0.3 is 0 Å². The van der Waals surface area contributed by atoms with Gasteiger partial charge in [-0.2, -0.15) is 5.10 Å². The van der Waals surface area contributed by atoms with Crippen molar-refractivity contribution in [2.75, 3.05) is 13.9 Å². The van der Waals surface area contributed by atoms with Crippen LogP contribution in [0.4, 0.5) is 0 Å². The van der Waals surface area contributed by atoms with Crippen LogP contribution in [0, 0.1) is 0 Å². The van der Waals surface area contributed by atoms with E-state index in [-0.39, 0.29) is 19.1 Å². The molecule has 0 amide bonds. The lowest BCUT2D eigenvalue weighted by atomic mass is 10.1. The van der Waals surface area contributed by atoms with Crippen molar-refractivity contribution in [3.05, 3.63) is 42.5 Å².